The second-order valence-electron chi connectivity index (χ2n) is 6.84. The number of rotatable bonds is 13. The average molecular weight is 519 g/mol. The van der Waals surface area contributed by atoms with E-state index in [0.717, 1.165) is 40.9 Å². The molecule has 0 aliphatic rings. The van der Waals surface area contributed by atoms with E-state index in [-0.39, 0.29) is 4.75 Å². The summed E-state index contributed by atoms with van der Waals surface area (Å²) in [6, 6.07) is 17.8. The minimum absolute atomic E-state index is 0.00820. The van der Waals surface area contributed by atoms with Crippen LogP contribution < -0.4 is 0 Å². The summed E-state index contributed by atoms with van der Waals surface area (Å²) >= 11 is 23.6. The molecule has 0 aliphatic carbocycles. The average Bonchev–Trinajstić information content (AvgIpc) is 2.75. The molecule has 2 unspecified atom stereocenters. The van der Waals surface area contributed by atoms with Crippen molar-refractivity contribution in [3.05, 3.63) is 59.7 Å². The molecule has 0 N–H and O–H groups in total. The van der Waals surface area contributed by atoms with Crippen LogP contribution in [0.4, 0.5) is 0 Å². The number of benzene rings is 2. The monoisotopic (exact) mass is 518 g/mol. The summed E-state index contributed by atoms with van der Waals surface area (Å²) in [5, 5.41) is 0.536. The Labute approximate surface area is 211 Å². The van der Waals surface area contributed by atoms with Crippen molar-refractivity contribution in [2.75, 3.05) is 34.5 Å². The molecule has 0 heterocycles. The number of hydrogen-bond acceptors (Lipinski definition) is 7. The van der Waals surface area contributed by atoms with Gasteiger partial charge in [0.2, 0.25) is 0 Å². The molecule has 2 atom stereocenters. The minimum Gasteiger partial charge on any atom is -0.179 e. The largest absolute Gasteiger partial charge is 0.179 e. The number of thiol groups is 4. The molecular weight excluding hydrogens is 489 g/mol. The molecule has 0 aromatic heterocycles. The SMILES string of the molecule is CC(CS)(SCCS)c1cccc(Sc2cccc(CC(CS)SCCS)c2)c1. The number of thioether (sulfide) groups is 2. The van der Waals surface area contributed by atoms with Crippen molar-refractivity contribution in [3.63, 3.8) is 0 Å². The molecule has 7 heteroatoms. The van der Waals surface area contributed by atoms with Gasteiger partial charge in [0.1, 0.15) is 0 Å². The van der Waals surface area contributed by atoms with Crippen LogP contribution in [0.5, 0.6) is 0 Å². The van der Waals surface area contributed by atoms with Crippen molar-refractivity contribution >= 4 is 85.8 Å². The van der Waals surface area contributed by atoms with Crippen molar-refractivity contribution in [1.82, 2.24) is 0 Å². The van der Waals surface area contributed by atoms with E-state index in [1.54, 1.807) is 0 Å². The summed E-state index contributed by atoms with van der Waals surface area (Å²) in [5.41, 5.74) is 2.71. The van der Waals surface area contributed by atoms with Crippen molar-refractivity contribution in [1.29, 1.82) is 0 Å². The zero-order valence-corrected chi connectivity index (χ0v) is 22.7. The maximum atomic E-state index is 4.63. The first-order valence-electron chi connectivity index (χ1n) is 9.61. The molecule has 0 amide bonds. The first kappa shape index (κ1) is 26.1. The molecule has 29 heavy (non-hydrogen) atoms. The van der Waals surface area contributed by atoms with Gasteiger partial charge in [-0.1, -0.05) is 36.0 Å². The van der Waals surface area contributed by atoms with E-state index in [1.807, 2.05) is 35.3 Å². The van der Waals surface area contributed by atoms with Gasteiger partial charge in [-0.2, -0.15) is 62.3 Å². The summed E-state index contributed by atoms with van der Waals surface area (Å²) < 4.78 is 0.00820. The highest BCUT2D eigenvalue weighted by Crippen LogP contribution is 2.39. The maximum Gasteiger partial charge on any atom is 0.0468 e. The van der Waals surface area contributed by atoms with Gasteiger partial charge in [0.15, 0.2) is 0 Å². The first-order valence-corrected chi connectivity index (χ1v) is 15.0. The maximum absolute atomic E-state index is 4.63. The second-order valence-corrected chi connectivity index (χ2v) is 12.6. The predicted molar refractivity (Wildman–Crippen MR) is 152 cm³/mol. The van der Waals surface area contributed by atoms with Gasteiger partial charge in [-0.05, 0) is 60.2 Å². The van der Waals surface area contributed by atoms with E-state index >= 15 is 0 Å². The molecule has 160 valence electrons. The lowest BCUT2D eigenvalue weighted by Gasteiger charge is -2.28. The lowest BCUT2D eigenvalue weighted by atomic mass is 10.0. The summed E-state index contributed by atoms with van der Waals surface area (Å²) in [6.07, 6.45) is 1.05. The highest BCUT2D eigenvalue weighted by atomic mass is 32.2. The van der Waals surface area contributed by atoms with Crippen LogP contribution in [0.1, 0.15) is 18.1 Å². The van der Waals surface area contributed by atoms with Gasteiger partial charge < -0.3 is 0 Å². The molecule has 0 radical (unpaired) electrons. The van der Waals surface area contributed by atoms with Gasteiger partial charge in [0.05, 0.1) is 0 Å². The molecule has 0 spiro atoms. The van der Waals surface area contributed by atoms with Gasteiger partial charge >= 0.3 is 0 Å². The van der Waals surface area contributed by atoms with Gasteiger partial charge in [0, 0.05) is 42.8 Å². The van der Waals surface area contributed by atoms with Crippen molar-refractivity contribution in [2.24, 2.45) is 0 Å². The third kappa shape index (κ3) is 8.74. The van der Waals surface area contributed by atoms with Crippen LogP contribution in [0.15, 0.2) is 58.3 Å². The van der Waals surface area contributed by atoms with Crippen LogP contribution in [-0.2, 0) is 11.2 Å². The summed E-state index contributed by atoms with van der Waals surface area (Å²) in [6.45, 7) is 2.28. The van der Waals surface area contributed by atoms with Crippen LogP contribution in [0.3, 0.4) is 0 Å². The van der Waals surface area contributed by atoms with E-state index < -0.39 is 0 Å². The van der Waals surface area contributed by atoms with Gasteiger partial charge in [-0.25, -0.2) is 0 Å². The standard InChI is InChI=1S/C22H30S7/c1-22(16-26,28-11-9-24)18-5-3-7-20(14-18)29-19-6-2-4-17(12-19)13-21(15-25)27-10-8-23/h2-7,12,14,21,23-26H,8-11,13,15-16H2,1H3. The van der Waals surface area contributed by atoms with Crippen molar-refractivity contribution in [3.8, 4) is 0 Å². The zero-order valence-electron chi connectivity index (χ0n) is 16.7. The van der Waals surface area contributed by atoms with Gasteiger partial charge in [-0.15, -0.1) is 11.8 Å². The Morgan fingerprint density at radius 1 is 0.897 bits per heavy atom. The van der Waals surface area contributed by atoms with E-state index in [1.165, 1.54) is 20.9 Å². The topological polar surface area (TPSA) is 0 Å². The molecule has 0 bridgehead atoms. The Bertz CT molecular complexity index is 737. The minimum atomic E-state index is 0.00820. The van der Waals surface area contributed by atoms with Crippen LogP contribution in [0, 0.1) is 0 Å². The highest BCUT2D eigenvalue weighted by molar-refractivity contribution is 8.01. The normalized spacial score (nSPS) is 14.5. The molecule has 2 aromatic rings. The molecule has 2 rings (SSSR count). The summed E-state index contributed by atoms with van der Waals surface area (Å²) in [5.74, 6) is 5.60. The molecular formula is C22H30S7. The van der Waals surface area contributed by atoms with E-state index in [0.29, 0.717) is 5.25 Å². The Kier molecular flexibility index (Phi) is 12.7. The van der Waals surface area contributed by atoms with Crippen LogP contribution >= 0.6 is 85.8 Å². The smallest absolute Gasteiger partial charge is 0.0468 e. The van der Waals surface area contributed by atoms with Crippen molar-refractivity contribution in [2.45, 2.75) is 33.1 Å². The Morgan fingerprint density at radius 3 is 2.24 bits per heavy atom. The molecule has 0 nitrogen and oxygen atoms in total. The molecule has 2 aromatic carbocycles. The third-order valence-corrected chi connectivity index (χ3v) is 10.7. The van der Waals surface area contributed by atoms with Crippen LogP contribution in [0.2, 0.25) is 0 Å². The van der Waals surface area contributed by atoms with Crippen LogP contribution in [0.25, 0.3) is 0 Å². The Balaban J connectivity index is 2.12. The quantitative estimate of drug-likeness (QED) is 0.208. The number of hydrogen-bond donors (Lipinski definition) is 4. The molecule has 0 fully saturated rings. The Morgan fingerprint density at radius 2 is 1.59 bits per heavy atom. The van der Waals surface area contributed by atoms with Gasteiger partial charge in [-0.3, -0.25) is 0 Å². The molecule has 0 saturated heterocycles. The zero-order chi connectivity index (χ0) is 21.1. The fourth-order valence-electron chi connectivity index (χ4n) is 2.91. The van der Waals surface area contributed by atoms with E-state index in [9.17, 15) is 0 Å². The molecule has 0 aliphatic heterocycles. The summed E-state index contributed by atoms with van der Waals surface area (Å²) in [7, 11) is 0. The van der Waals surface area contributed by atoms with Crippen molar-refractivity contribution < 1.29 is 0 Å². The highest BCUT2D eigenvalue weighted by Gasteiger charge is 2.25. The lowest BCUT2D eigenvalue weighted by molar-refractivity contribution is 0.796. The van der Waals surface area contributed by atoms with E-state index in [4.69, 9.17) is 0 Å². The first-order chi connectivity index (χ1) is 14.0. The van der Waals surface area contributed by atoms with E-state index in [2.05, 4.69) is 106 Å². The fourth-order valence-corrected chi connectivity index (χ4v) is 7.14. The van der Waals surface area contributed by atoms with Gasteiger partial charge in [0.25, 0.3) is 0 Å². The Hall–Kier alpha value is 0.890. The fraction of sp³-hybridized carbons (Fsp3) is 0.455. The molecule has 0 saturated carbocycles. The predicted octanol–water partition coefficient (Wildman–Crippen LogP) is 7.15. The third-order valence-electron chi connectivity index (χ3n) is 4.50. The second kappa shape index (κ2) is 14.1. The van der Waals surface area contributed by atoms with Crippen LogP contribution in [-0.4, -0.2) is 39.8 Å². The lowest BCUT2D eigenvalue weighted by Crippen LogP contribution is -2.20. The summed E-state index contributed by atoms with van der Waals surface area (Å²) in [4.78, 5) is 2.56.